The van der Waals surface area contributed by atoms with Gasteiger partial charge < -0.3 is 19.9 Å². The molecule has 1 atom stereocenters. The summed E-state index contributed by atoms with van der Waals surface area (Å²) >= 11 is 0. The first-order valence-corrected chi connectivity index (χ1v) is 11.1. The SMILES string of the molecule is COC(=O)c1ccc2c(NC(O)c3cccc(NC(=O)OC(C)(C)C)c3)c3ccccc3nc2c1. The van der Waals surface area contributed by atoms with Crippen molar-refractivity contribution >= 4 is 45.2 Å². The monoisotopic (exact) mass is 473 g/mol. The minimum atomic E-state index is -1.09. The van der Waals surface area contributed by atoms with Gasteiger partial charge in [-0.25, -0.2) is 14.6 Å². The molecule has 4 aromatic rings. The number of aromatic nitrogens is 1. The molecule has 1 amide bonds. The number of rotatable bonds is 5. The molecule has 1 unspecified atom stereocenters. The second-order valence-electron chi connectivity index (χ2n) is 9.03. The Hall–Kier alpha value is -4.17. The number of carbonyl (C=O) groups is 2. The highest BCUT2D eigenvalue weighted by molar-refractivity contribution is 6.09. The first-order valence-electron chi connectivity index (χ1n) is 11.1. The van der Waals surface area contributed by atoms with Crippen molar-refractivity contribution in [1.82, 2.24) is 4.98 Å². The number of aliphatic hydroxyl groups is 1. The fraction of sp³-hybridized carbons (Fsp3) is 0.222. The normalized spacial score (nSPS) is 12.3. The zero-order valence-electron chi connectivity index (χ0n) is 20.0. The van der Waals surface area contributed by atoms with E-state index in [1.807, 2.05) is 24.3 Å². The topological polar surface area (TPSA) is 110 Å². The molecule has 0 radical (unpaired) electrons. The molecular weight excluding hydrogens is 446 g/mol. The summed E-state index contributed by atoms with van der Waals surface area (Å²) in [5.41, 5.74) is 2.75. The van der Waals surface area contributed by atoms with E-state index in [2.05, 4.69) is 15.6 Å². The zero-order chi connectivity index (χ0) is 25.2. The van der Waals surface area contributed by atoms with Gasteiger partial charge in [0.1, 0.15) is 5.60 Å². The van der Waals surface area contributed by atoms with Crippen LogP contribution in [-0.2, 0) is 9.47 Å². The molecule has 0 aliphatic rings. The van der Waals surface area contributed by atoms with Gasteiger partial charge in [-0.1, -0.05) is 30.3 Å². The van der Waals surface area contributed by atoms with Gasteiger partial charge in [-0.3, -0.25) is 5.32 Å². The number of hydrogen-bond donors (Lipinski definition) is 3. The third-order valence-electron chi connectivity index (χ3n) is 5.23. The van der Waals surface area contributed by atoms with E-state index in [1.54, 1.807) is 63.2 Å². The lowest BCUT2D eigenvalue weighted by molar-refractivity contribution is 0.0598. The van der Waals surface area contributed by atoms with E-state index < -0.39 is 23.9 Å². The summed E-state index contributed by atoms with van der Waals surface area (Å²) in [6, 6.07) is 19.5. The molecule has 1 heterocycles. The Kier molecular flexibility index (Phi) is 6.57. The lowest BCUT2D eigenvalue weighted by atomic mass is 10.0. The maximum atomic E-state index is 12.1. The molecule has 3 N–H and O–H groups in total. The summed E-state index contributed by atoms with van der Waals surface area (Å²) in [4.78, 5) is 28.8. The molecule has 0 saturated carbocycles. The summed E-state index contributed by atoms with van der Waals surface area (Å²) in [5.74, 6) is -0.453. The first kappa shape index (κ1) is 24.0. The lowest BCUT2D eigenvalue weighted by Crippen LogP contribution is -2.27. The van der Waals surface area contributed by atoms with Crippen LogP contribution in [0.4, 0.5) is 16.2 Å². The van der Waals surface area contributed by atoms with E-state index in [1.165, 1.54) is 7.11 Å². The number of anilines is 2. The fourth-order valence-electron chi connectivity index (χ4n) is 3.72. The molecule has 3 aromatic carbocycles. The number of nitrogens with one attached hydrogen (secondary N) is 2. The average Bonchev–Trinajstić information content (AvgIpc) is 2.81. The Balaban J connectivity index is 1.68. The van der Waals surface area contributed by atoms with Crippen LogP contribution in [0.25, 0.3) is 21.8 Å². The molecule has 0 aliphatic carbocycles. The predicted molar refractivity (Wildman–Crippen MR) is 135 cm³/mol. The van der Waals surface area contributed by atoms with Gasteiger partial charge in [0.15, 0.2) is 6.23 Å². The van der Waals surface area contributed by atoms with Gasteiger partial charge in [-0.2, -0.15) is 0 Å². The molecule has 0 aliphatic heterocycles. The number of hydrogen-bond acceptors (Lipinski definition) is 7. The Morgan fingerprint density at radius 1 is 0.943 bits per heavy atom. The van der Waals surface area contributed by atoms with E-state index in [0.717, 1.165) is 10.8 Å². The van der Waals surface area contributed by atoms with Crippen molar-refractivity contribution in [2.45, 2.75) is 32.6 Å². The maximum absolute atomic E-state index is 12.1. The smallest absolute Gasteiger partial charge is 0.412 e. The summed E-state index contributed by atoms with van der Waals surface area (Å²) in [5, 5.41) is 18.5. The van der Waals surface area contributed by atoms with Crippen molar-refractivity contribution in [2.75, 3.05) is 17.7 Å². The number of para-hydroxylation sites is 1. The highest BCUT2D eigenvalue weighted by atomic mass is 16.6. The molecule has 35 heavy (non-hydrogen) atoms. The average molecular weight is 474 g/mol. The van der Waals surface area contributed by atoms with Crippen LogP contribution >= 0.6 is 0 Å². The molecule has 0 bridgehead atoms. The van der Waals surface area contributed by atoms with Crippen molar-refractivity contribution in [3.8, 4) is 0 Å². The maximum Gasteiger partial charge on any atom is 0.412 e. The molecule has 0 fully saturated rings. The first-order chi connectivity index (χ1) is 16.6. The molecule has 8 nitrogen and oxygen atoms in total. The van der Waals surface area contributed by atoms with Crippen LogP contribution in [0, 0.1) is 0 Å². The fourth-order valence-corrected chi connectivity index (χ4v) is 3.72. The number of esters is 1. The van der Waals surface area contributed by atoms with E-state index in [9.17, 15) is 14.7 Å². The minimum absolute atomic E-state index is 0.384. The van der Waals surface area contributed by atoms with Gasteiger partial charge in [0.05, 0.1) is 29.4 Å². The van der Waals surface area contributed by atoms with Crippen molar-refractivity contribution < 1.29 is 24.2 Å². The predicted octanol–water partition coefficient (Wildman–Crippen LogP) is 5.62. The van der Waals surface area contributed by atoms with Gasteiger partial charge in [-0.15, -0.1) is 0 Å². The molecule has 1 aromatic heterocycles. The number of benzene rings is 3. The third kappa shape index (κ3) is 5.50. The van der Waals surface area contributed by atoms with Gasteiger partial charge in [0, 0.05) is 22.0 Å². The van der Waals surface area contributed by atoms with Crippen LogP contribution in [0.2, 0.25) is 0 Å². The van der Waals surface area contributed by atoms with Crippen molar-refractivity contribution in [3.63, 3.8) is 0 Å². The van der Waals surface area contributed by atoms with Crippen LogP contribution in [-0.4, -0.2) is 34.9 Å². The standard InChI is InChI=1S/C27H27N3O5/c1-27(2,3)35-26(33)28-18-9-7-8-16(14-18)24(31)30-23-19-10-5-6-11-21(19)29-22-15-17(25(32)34-4)12-13-20(22)23/h5-15,24,31H,1-4H3,(H,28,33)(H,29,30). The number of fused-ring (bicyclic) bond motifs is 2. The quantitative estimate of drug-likeness (QED) is 0.196. The summed E-state index contributed by atoms with van der Waals surface area (Å²) in [6.45, 7) is 5.36. The molecule has 4 rings (SSSR count). The van der Waals surface area contributed by atoms with E-state index in [0.29, 0.717) is 33.5 Å². The molecule has 180 valence electrons. The Bertz CT molecular complexity index is 1410. The van der Waals surface area contributed by atoms with Gasteiger partial charge >= 0.3 is 12.1 Å². The third-order valence-corrected chi connectivity index (χ3v) is 5.23. The number of ether oxygens (including phenoxy) is 2. The van der Waals surface area contributed by atoms with E-state index in [-0.39, 0.29) is 0 Å². The Labute approximate surface area is 202 Å². The number of pyridine rings is 1. The minimum Gasteiger partial charge on any atom is -0.465 e. The summed E-state index contributed by atoms with van der Waals surface area (Å²) in [7, 11) is 1.33. The van der Waals surface area contributed by atoms with Crippen LogP contribution in [0.3, 0.4) is 0 Å². The van der Waals surface area contributed by atoms with Crippen molar-refractivity contribution in [3.05, 3.63) is 77.9 Å². The van der Waals surface area contributed by atoms with Crippen LogP contribution in [0.1, 0.15) is 42.9 Å². The highest BCUT2D eigenvalue weighted by Crippen LogP contribution is 2.34. The second kappa shape index (κ2) is 9.60. The summed E-state index contributed by atoms with van der Waals surface area (Å²) < 4.78 is 10.1. The van der Waals surface area contributed by atoms with Crippen LogP contribution in [0.5, 0.6) is 0 Å². The van der Waals surface area contributed by atoms with Crippen molar-refractivity contribution in [1.29, 1.82) is 0 Å². The Morgan fingerprint density at radius 3 is 2.43 bits per heavy atom. The Morgan fingerprint density at radius 2 is 1.69 bits per heavy atom. The molecule has 0 saturated heterocycles. The van der Waals surface area contributed by atoms with E-state index >= 15 is 0 Å². The van der Waals surface area contributed by atoms with Crippen LogP contribution < -0.4 is 10.6 Å². The van der Waals surface area contributed by atoms with E-state index in [4.69, 9.17) is 9.47 Å². The van der Waals surface area contributed by atoms with Gasteiger partial charge in [0.25, 0.3) is 0 Å². The molecule has 8 heteroatoms. The largest absolute Gasteiger partial charge is 0.465 e. The lowest BCUT2D eigenvalue weighted by Gasteiger charge is -2.21. The number of amides is 1. The number of methoxy groups -OCH3 is 1. The van der Waals surface area contributed by atoms with Crippen molar-refractivity contribution in [2.24, 2.45) is 0 Å². The molecule has 0 spiro atoms. The second-order valence-corrected chi connectivity index (χ2v) is 9.03. The number of aliphatic hydroxyl groups excluding tert-OH is 1. The van der Waals surface area contributed by atoms with Gasteiger partial charge in [-0.05, 0) is 57.2 Å². The highest BCUT2D eigenvalue weighted by Gasteiger charge is 2.18. The number of carbonyl (C=O) groups excluding carboxylic acids is 2. The molecular formula is C27H27N3O5. The number of nitrogens with zero attached hydrogens (tertiary/aromatic N) is 1. The summed E-state index contributed by atoms with van der Waals surface area (Å²) in [6.07, 6.45) is -1.67. The zero-order valence-corrected chi connectivity index (χ0v) is 20.0. The van der Waals surface area contributed by atoms with Gasteiger partial charge in [0.2, 0.25) is 0 Å². The van der Waals surface area contributed by atoms with Crippen LogP contribution in [0.15, 0.2) is 66.7 Å².